The van der Waals surface area contributed by atoms with Crippen molar-refractivity contribution in [3.63, 3.8) is 0 Å². The highest BCUT2D eigenvalue weighted by molar-refractivity contribution is 5.95. The van der Waals surface area contributed by atoms with Crippen molar-refractivity contribution in [1.82, 2.24) is 9.80 Å². The molecule has 1 aliphatic rings. The van der Waals surface area contributed by atoms with Crippen LogP contribution in [0.3, 0.4) is 0 Å². The molecule has 0 saturated carbocycles. The van der Waals surface area contributed by atoms with Gasteiger partial charge < -0.3 is 20.2 Å². The minimum atomic E-state index is -0.945. The number of anilines is 1. The Labute approximate surface area is 141 Å². The highest BCUT2D eigenvalue weighted by Gasteiger charge is 2.20. The molecule has 0 bridgehead atoms. The summed E-state index contributed by atoms with van der Waals surface area (Å²) in [5.41, 5.74) is 1.16. The Morgan fingerprint density at radius 3 is 2.33 bits per heavy atom. The van der Waals surface area contributed by atoms with E-state index in [2.05, 4.69) is 5.32 Å². The fourth-order valence-corrected chi connectivity index (χ4v) is 2.59. The first-order valence-corrected chi connectivity index (χ1v) is 8.02. The summed E-state index contributed by atoms with van der Waals surface area (Å²) in [4.78, 5) is 38.3. The highest BCUT2D eigenvalue weighted by Crippen LogP contribution is 2.15. The number of urea groups is 1. The van der Waals surface area contributed by atoms with Crippen LogP contribution in [0, 0.1) is 5.92 Å². The molecule has 0 radical (unpaired) electrons. The van der Waals surface area contributed by atoms with Crippen molar-refractivity contribution >= 4 is 23.6 Å². The van der Waals surface area contributed by atoms with Crippen LogP contribution in [0.4, 0.5) is 10.5 Å². The Balaban J connectivity index is 1.92. The monoisotopic (exact) mass is 333 g/mol. The van der Waals surface area contributed by atoms with E-state index in [9.17, 15) is 14.4 Å². The minimum Gasteiger partial charge on any atom is -0.481 e. The van der Waals surface area contributed by atoms with Crippen LogP contribution in [0.5, 0.6) is 0 Å². The molecule has 2 N–H and O–H groups in total. The summed E-state index contributed by atoms with van der Waals surface area (Å²) in [5.74, 6) is -1.57. The SMILES string of the molecule is CC(CN(C)C(=O)Nc1ccc(C(=O)N2CCCC2)cc1)C(=O)O. The van der Waals surface area contributed by atoms with Gasteiger partial charge in [0.2, 0.25) is 0 Å². The van der Waals surface area contributed by atoms with E-state index in [1.165, 1.54) is 4.90 Å². The molecule has 130 valence electrons. The van der Waals surface area contributed by atoms with Crippen LogP contribution in [0.2, 0.25) is 0 Å². The Morgan fingerprint density at radius 2 is 1.79 bits per heavy atom. The molecule has 0 aromatic heterocycles. The quantitative estimate of drug-likeness (QED) is 0.863. The summed E-state index contributed by atoms with van der Waals surface area (Å²) in [6, 6.07) is 6.35. The number of carboxylic acids is 1. The van der Waals surface area contributed by atoms with Gasteiger partial charge in [-0.3, -0.25) is 9.59 Å². The third kappa shape index (κ3) is 4.47. The van der Waals surface area contributed by atoms with Crippen molar-refractivity contribution in [2.75, 3.05) is 32.0 Å². The lowest BCUT2D eigenvalue weighted by atomic mass is 10.1. The molecule has 0 aliphatic carbocycles. The van der Waals surface area contributed by atoms with E-state index < -0.39 is 11.9 Å². The molecule has 1 fully saturated rings. The summed E-state index contributed by atoms with van der Waals surface area (Å²) in [5, 5.41) is 11.6. The molecule has 1 saturated heterocycles. The van der Waals surface area contributed by atoms with Gasteiger partial charge in [-0.25, -0.2) is 4.79 Å². The number of amides is 3. The molecule has 7 nitrogen and oxygen atoms in total. The van der Waals surface area contributed by atoms with Crippen LogP contribution >= 0.6 is 0 Å². The normalized spacial score (nSPS) is 15.0. The summed E-state index contributed by atoms with van der Waals surface area (Å²) in [6.07, 6.45) is 2.09. The van der Waals surface area contributed by atoms with E-state index in [1.54, 1.807) is 38.2 Å². The molecule has 3 amide bonds. The second-order valence-corrected chi connectivity index (χ2v) is 6.13. The maximum absolute atomic E-state index is 12.2. The fourth-order valence-electron chi connectivity index (χ4n) is 2.59. The van der Waals surface area contributed by atoms with Crippen molar-refractivity contribution in [3.8, 4) is 0 Å². The lowest BCUT2D eigenvalue weighted by Crippen LogP contribution is -2.36. The fraction of sp³-hybridized carbons (Fsp3) is 0.471. The maximum Gasteiger partial charge on any atom is 0.321 e. The van der Waals surface area contributed by atoms with Gasteiger partial charge in [0.05, 0.1) is 5.92 Å². The van der Waals surface area contributed by atoms with Gasteiger partial charge in [0.15, 0.2) is 0 Å². The average molecular weight is 333 g/mol. The summed E-state index contributed by atoms with van der Waals surface area (Å²) >= 11 is 0. The zero-order valence-corrected chi connectivity index (χ0v) is 14.0. The number of carbonyl (C=O) groups is 3. The number of nitrogens with zero attached hydrogens (tertiary/aromatic N) is 2. The van der Waals surface area contributed by atoms with Crippen molar-refractivity contribution in [2.45, 2.75) is 19.8 Å². The highest BCUT2D eigenvalue weighted by atomic mass is 16.4. The third-order valence-electron chi connectivity index (χ3n) is 4.09. The first kappa shape index (κ1) is 17.8. The van der Waals surface area contributed by atoms with Gasteiger partial charge in [-0.15, -0.1) is 0 Å². The van der Waals surface area contributed by atoms with Gasteiger partial charge in [-0.2, -0.15) is 0 Å². The molecule has 1 aliphatic heterocycles. The maximum atomic E-state index is 12.2. The number of nitrogens with one attached hydrogen (secondary N) is 1. The van der Waals surface area contributed by atoms with E-state index in [1.807, 2.05) is 4.90 Å². The zero-order valence-electron chi connectivity index (χ0n) is 14.0. The van der Waals surface area contributed by atoms with Crippen LogP contribution in [0.25, 0.3) is 0 Å². The van der Waals surface area contributed by atoms with Crippen LogP contribution in [0.1, 0.15) is 30.1 Å². The lowest BCUT2D eigenvalue weighted by Gasteiger charge is -2.20. The van der Waals surface area contributed by atoms with Gasteiger partial charge in [-0.1, -0.05) is 6.92 Å². The van der Waals surface area contributed by atoms with E-state index in [0.29, 0.717) is 11.3 Å². The van der Waals surface area contributed by atoms with E-state index in [4.69, 9.17) is 5.11 Å². The first-order chi connectivity index (χ1) is 11.4. The van der Waals surface area contributed by atoms with Crippen molar-refractivity contribution < 1.29 is 19.5 Å². The van der Waals surface area contributed by atoms with E-state index >= 15 is 0 Å². The molecule has 1 aromatic rings. The molecule has 1 heterocycles. The average Bonchev–Trinajstić information content (AvgIpc) is 3.09. The number of likely N-dealkylation sites (tertiary alicyclic amines) is 1. The molecule has 0 spiro atoms. The van der Waals surface area contributed by atoms with Crippen LogP contribution in [0.15, 0.2) is 24.3 Å². The van der Waals surface area contributed by atoms with Gasteiger partial charge in [0, 0.05) is 37.9 Å². The van der Waals surface area contributed by atoms with E-state index in [0.717, 1.165) is 25.9 Å². The predicted octanol–water partition coefficient (Wildman–Crippen LogP) is 2.11. The topological polar surface area (TPSA) is 90.0 Å². The Hall–Kier alpha value is -2.57. The molecule has 2 rings (SSSR count). The van der Waals surface area contributed by atoms with Gasteiger partial charge in [0.25, 0.3) is 5.91 Å². The minimum absolute atomic E-state index is 0.0118. The zero-order chi connectivity index (χ0) is 17.7. The van der Waals surface area contributed by atoms with Gasteiger partial charge in [-0.05, 0) is 37.1 Å². The number of aliphatic carboxylic acids is 1. The van der Waals surface area contributed by atoms with Crippen molar-refractivity contribution in [3.05, 3.63) is 29.8 Å². The Bertz CT molecular complexity index is 609. The molecule has 24 heavy (non-hydrogen) atoms. The summed E-state index contributed by atoms with van der Waals surface area (Å²) in [7, 11) is 1.54. The molecular weight excluding hydrogens is 310 g/mol. The molecule has 1 atom stereocenters. The predicted molar refractivity (Wildman–Crippen MR) is 90.0 cm³/mol. The van der Waals surface area contributed by atoms with Crippen LogP contribution in [-0.4, -0.2) is 59.5 Å². The van der Waals surface area contributed by atoms with Gasteiger partial charge >= 0.3 is 12.0 Å². The number of benzene rings is 1. The van der Waals surface area contributed by atoms with E-state index in [-0.39, 0.29) is 18.5 Å². The van der Waals surface area contributed by atoms with Crippen molar-refractivity contribution in [1.29, 1.82) is 0 Å². The number of carboxylic acid groups (broad SMARTS) is 1. The summed E-state index contributed by atoms with van der Waals surface area (Å²) < 4.78 is 0. The number of hydrogen-bond acceptors (Lipinski definition) is 3. The number of carbonyl (C=O) groups excluding carboxylic acids is 2. The second-order valence-electron chi connectivity index (χ2n) is 6.13. The molecular formula is C17H23N3O4. The standard InChI is InChI=1S/C17H23N3O4/c1-12(16(22)23)11-19(2)17(24)18-14-7-5-13(6-8-14)15(21)20-9-3-4-10-20/h5-8,12H,3-4,9-11H2,1-2H3,(H,18,24)(H,22,23). The Morgan fingerprint density at radius 1 is 1.21 bits per heavy atom. The molecule has 1 unspecified atom stereocenters. The van der Waals surface area contributed by atoms with Crippen LogP contribution in [-0.2, 0) is 4.79 Å². The van der Waals surface area contributed by atoms with Crippen molar-refractivity contribution in [2.24, 2.45) is 5.92 Å². The van der Waals surface area contributed by atoms with Crippen LogP contribution < -0.4 is 5.32 Å². The van der Waals surface area contributed by atoms with Gasteiger partial charge in [0.1, 0.15) is 0 Å². The second kappa shape index (κ2) is 7.81. The third-order valence-corrected chi connectivity index (χ3v) is 4.09. The first-order valence-electron chi connectivity index (χ1n) is 8.02. The Kier molecular flexibility index (Phi) is 5.78. The molecule has 7 heteroatoms. The smallest absolute Gasteiger partial charge is 0.321 e. The lowest BCUT2D eigenvalue weighted by molar-refractivity contribution is -0.141. The number of rotatable bonds is 5. The largest absolute Gasteiger partial charge is 0.481 e. The molecule has 1 aromatic carbocycles. The summed E-state index contributed by atoms with van der Waals surface area (Å²) in [6.45, 7) is 3.26. The number of hydrogen-bond donors (Lipinski definition) is 2.